The van der Waals surface area contributed by atoms with Gasteiger partial charge in [0.2, 0.25) is 0 Å². The van der Waals surface area contributed by atoms with E-state index in [4.69, 9.17) is 15.2 Å². The van der Waals surface area contributed by atoms with Gasteiger partial charge in [-0.05, 0) is 29.7 Å². The van der Waals surface area contributed by atoms with Crippen molar-refractivity contribution < 1.29 is 9.47 Å². The molecule has 2 rings (SSSR count). The summed E-state index contributed by atoms with van der Waals surface area (Å²) in [6, 6.07) is 4.27. The lowest BCUT2D eigenvalue weighted by atomic mass is 9.83. The predicted octanol–water partition coefficient (Wildman–Crippen LogP) is 2.29. The number of methoxy groups -OCH3 is 2. The number of hydrogen-bond acceptors (Lipinski definition) is 3. The van der Waals surface area contributed by atoms with Crippen LogP contribution < -0.4 is 15.2 Å². The highest BCUT2D eigenvalue weighted by molar-refractivity contribution is 5.85. The average molecular weight is 258 g/mol. The Balaban J connectivity index is 0.00000144. The maximum atomic E-state index is 6.16. The van der Waals surface area contributed by atoms with Crippen molar-refractivity contribution in [1.82, 2.24) is 0 Å². The van der Waals surface area contributed by atoms with Crippen LogP contribution in [-0.2, 0) is 11.8 Å². The Morgan fingerprint density at radius 2 is 1.71 bits per heavy atom. The summed E-state index contributed by atoms with van der Waals surface area (Å²) in [6.07, 6.45) is 0.905. The molecule has 1 aromatic carbocycles. The molecule has 1 atom stereocenters. The Labute approximate surface area is 109 Å². The molecule has 17 heavy (non-hydrogen) atoms. The monoisotopic (exact) mass is 257 g/mol. The first-order valence-electron chi connectivity index (χ1n) is 5.51. The van der Waals surface area contributed by atoms with E-state index in [-0.39, 0.29) is 23.9 Å². The summed E-state index contributed by atoms with van der Waals surface area (Å²) in [6.45, 7) is 4.35. The lowest BCUT2D eigenvalue weighted by molar-refractivity contribution is 0.353. The molecule has 0 amide bonds. The molecule has 0 spiro atoms. The molecule has 0 saturated heterocycles. The number of halogens is 1. The maximum absolute atomic E-state index is 6.16. The van der Waals surface area contributed by atoms with E-state index in [1.165, 1.54) is 11.1 Å². The van der Waals surface area contributed by atoms with Crippen LogP contribution in [0.4, 0.5) is 0 Å². The number of nitrogens with two attached hydrogens (primary N) is 1. The number of benzene rings is 1. The van der Waals surface area contributed by atoms with E-state index in [2.05, 4.69) is 19.9 Å². The van der Waals surface area contributed by atoms with Gasteiger partial charge in [-0.1, -0.05) is 13.8 Å². The smallest absolute Gasteiger partial charge is 0.161 e. The fraction of sp³-hybridized carbons (Fsp3) is 0.538. The Hall–Kier alpha value is -0.930. The average Bonchev–Trinajstić information content (AvgIpc) is 2.48. The summed E-state index contributed by atoms with van der Waals surface area (Å²) in [5.74, 6) is 1.56. The van der Waals surface area contributed by atoms with Gasteiger partial charge in [-0.15, -0.1) is 12.4 Å². The summed E-state index contributed by atoms with van der Waals surface area (Å²) < 4.78 is 10.6. The lowest BCUT2D eigenvalue weighted by Gasteiger charge is -2.25. The van der Waals surface area contributed by atoms with Crippen molar-refractivity contribution in [3.63, 3.8) is 0 Å². The zero-order valence-electron chi connectivity index (χ0n) is 10.7. The van der Waals surface area contributed by atoms with E-state index in [9.17, 15) is 0 Å². The second-order valence-electron chi connectivity index (χ2n) is 4.90. The Morgan fingerprint density at radius 3 is 2.24 bits per heavy atom. The third-order valence-corrected chi connectivity index (χ3v) is 3.67. The minimum absolute atomic E-state index is 0. The van der Waals surface area contributed by atoms with Crippen LogP contribution >= 0.6 is 12.4 Å². The summed E-state index contributed by atoms with van der Waals surface area (Å²) in [7, 11) is 3.32. The largest absolute Gasteiger partial charge is 0.493 e. The molecule has 3 nitrogen and oxygen atoms in total. The summed E-state index contributed by atoms with van der Waals surface area (Å²) in [5.41, 5.74) is 8.72. The first-order chi connectivity index (χ1) is 7.50. The van der Waals surface area contributed by atoms with Crippen LogP contribution in [0.2, 0.25) is 0 Å². The normalized spacial score (nSPS) is 20.4. The van der Waals surface area contributed by atoms with E-state index in [1.54, 1.807) is 14.2 Å². The van der Waals surface area contributed by atoms with Crippen molar-refractivity contribution in [3.05, 3.63) is 23.3 Å². The Bertz CT molecular complexity index is 418. The predicted molar refractivity (Wildman–Crippen MR) is 71.5 cm³/mol. The summed E-state index contributed by atoms with van der Waals surface area (Å²) in [4.78, 5) is 0. The highest BCUT2D eigenvalue weighted by Gasteiger charge is 2.38. The van der Waals surface area contributed by atoms with E-state index in [1.807, 2.05) is 6.07 Å². The van der Waals surface area contributed by atoms with E-state index < -0.39 is 0 Å². The summed E-state index contributed by atoms with van der Waals surface area (Å²) in [5, 5.41) is 0. The van der Waals surface area contributed by atoms with Gasteiger partial charge in [-0.2, -0.15) is 0 Å². The maximum Gasteiger partial charge on any atom is 0.161 e. The molecule has 1 aromatic rings. The molecule has 0 bridgehead atoms. The van der Waals surface area contributed by atoms with Crippen LogP contribution in [0.5, 0.6) is 11.5 Å². The third-order valence-electron chi connectivity index (χ3n) is 3.67. The molecular formula is C13H20ClNO2. The standard InChI is InChI=1S/C13H19NO2.ClH/c1-13(2)9-7-11(16-4)10(15-3)5-8(9)6-12(13)14;/h5,7,12H,6,14H2,1-4H3;1H. The van der Waals surface area contributed by atoms with E-state index in [0.717, 1.165) is 17.9 Å². The van der Waals surface area contributed by atoms with Gasteiger partial charge < -0.3 is 15.2 Å². The van der Waals surface area contributed by atoms with Crippen LogP contribution in [0.15, 0.2) is 12.1 Å². The minimum atomic E-state index is 0. The molecule has 96 valence electrons. The molecule has 0 saturated carbocycles. The molecule has 2 N–H and O–H groups in total. The van der Waals surface area contributed by atoms with Crippen LogP contribution in [-0.4, -0.2) is 20.3 Å². The SMILES string of the molecule is COc1cc2c(cc1OC)C(C)(C)C(N)C2.Cl. The topological polar surface area (TPSA) is 44.5 Å². The van der Waals surface area contributed by atoms with Crippen molar-refractivity contribution in [2.75, 3.05) is 14.2 Å². The highest BCUT2D eigenvalue weighted by atomic mass is 35.5. The van der Waals surface area contributed by atoms with Gasteiger partial charge in [-0.3, -0.25) is 0 Å². The zero-order valence-corrected chi connectivity index (χ0v) is 11.6. The van der Waals surface area contributed by atoms with Gasteiger partial charge in [0.1, 0.15) is 0 Å². The zero-order chi connectivity index (χ0) is 11.9. The highest BCUT2D eigenvalue weighted by Crippen LogP contribution is 2.42. The van der Waals surface area contributed by atoms with Gasteiger partial charge in [0.25, 0.3) is 0 Å². The van der Waals surface area contributed by atoms with Crippen molar-refractivity contribution >= 4 is 12.4 Å². The minimum Gasteiger partial charge on any atom is -0.493 e. The molecule has 1 unspecified atom stereocenters. The van der Waals surface area contributed by atoms with Crippen molar-refractivity contribution in [2.45, 2.75) is 31.7 Å². The van der Waals surface area contributed by atoms with E-state index >= 15 is 0 Å². The van der Waals surface area contributed by atoms with Crippen LogP contribution in [0.3, 0.4) is 0 Å². The molecular weight excluding hydrogens is 238 g/mol. The van der Waals surface area contributed by atoms with Crippen LogP contribution in [0.25, 0.3) is 0 Å². The molecule has 1 aliphatic rings. The van der Waals surface area contributed by atoms with Crippen LogP contribution in [0, 0.1) is 0 Å². The first-order valence-corrected chi connectivity index (χ1v) is 5.51. The fourth-order valence-corrected chi connectivity index (χ4v) is 2.38. The Kier molecular flexibility index (Phi) is 3.95. The number of rotatable bonds is 2. The number of fused-ring (bicyclic) bond motifs is 1. The molecule has 1 aliphatic carbocycles. The van der Waals surface area contributed by atoms with Gasteiger partial charge in [0, 0.05) is 11.5 Å². The second-order valence-corrected chi connectivity index (χ2v) is 4.90. The fourth-order valence-electron chi connectivity index (χ4n) is 2.38. The van der Waals surface area contributed by atoms with Crippen molar-refractivity contribution in [2.24, 2.45) is 5.73 Å². The van der Waals surface area contributed by atoms with Gasteiger partial charge >= 0.3 is 0 Å². The molecule has 0 aliphatic heterocycles. The van der Waals surface area contributed by atoms with Gasteiger partial charge in [-0.25, -0.2) is 0 Å². The Morgan fingerprint density at radius 1 is 1.18 bits per heavy atom. The first kappa shape index (κ1) is 14.1. The van der Waals surface area contributed by atoms with E-state index in [0.29, 0.717) is 0 Å². The number of hydrogen-bond donors (Lipinski definition) is 1. The van der Waals surface area contributed by atoms with Crippen LogP contribution in [0.1, 0.15) is 25.0 Å². The molecule has 4 heteroatoms. The molecule has 0 heterocycles. The van der Waals surface area contributed by atoms with Gasteiger partial charge in [0.05, 0.1) is 14.2 Å². The molecule has 0 fully saturated rings. The quantitative estimate of drug-likeness (QED) is 0.884. The molecule has 0 radical (unpaired) electrons. The third kappa shape index (κ3) is 2.09. The number of ether oxygens (including phenoxy) is 2. The van der Waals surface area contributed by atoms with Gasteiger partial charge in [0.15, 0.2) is 11.5 Å². The lowest BCUT2D eigenvalue weighted by Crippen LogP contribution is -2.36. The van der Waals surface area contributed by atoms with Crippen molar-refractivity contribution in [3.8, 4) is 11.5 Å². The second kappa shape index (κ2) is 4.75. The summed E-state index contributed by atoms with van der Waals surface area (Å²) >= 11 is 0. The van der Waals surface area contributed by atoms with Crippen molar-refractivity contribution in [1.29, 1.82) is 0 Å². The molecule has 0 aromatic heterocycles.